The van der Waals surface area contributed by atoms with Crippen molar-refractivity contribution in [1.82, 2.24) is 47.5 Å². The van der Waals surface area contributed by atoms with Crippen molar-refractivity contribution in [1.29, 1.82) is 0 Å². The van der Waals surface area contributed by atoms with Crippen LogP contribution in [0.4, 0.5) is 0 Å². The first kappa shape index (κ1) is 52.8. The van der Waals surface area contributed by atoms with E-state index >= 15 is 0 Å². The van der Waals surface area contributed by atoms with Crippen molar-refractivity contribution < 1.29 is 17.1 Å². The van der Waals surface area contributed by atoms with Crippen LogP contribution in [-0.2, 0) is 42.3 Å². The SMILES string of the molecule is N.N.N.N.N.N.S=C([S-])NCCNC(=S)[S-].[Cu+2]. The number of rotatable bonds is 3. The van der Waals surface area contributed by atoms with Crippen LogP contribution in [0.2, 0.25) is 0 Å². The van der Waals surface area contributed by atoms with E-state index in [9.17, 15) is 0 Å². The van der Waals surface area contributed by atoms with Gasteiger partial charge in [-0.15, -0.1) is 0 Å². The molecule has 0 atom stereocenters. The molecule has 20 N–H and O–H groups in total. The third-order valence-electron chi connectivity index (χ3n) is 0.664. The first-order chi connectivity index (χ1) is 4.63. The third kappa shape index (κ3) is 61.7. The van der Waals surface area contributed by atoms with Gasteiger partial charge < -0.3 is 97.2 Å². The Kier molecular flexibility index (Phi) is 112. The van der Waals surface area contributed by atoms with Gasteiger partial charge in [-0.1, -0.05) is 8.64 Å². The van der Waals surface area contributed by atoms with Crippen molar-refractivity contribution in [2.24, 2.45) is 0 Å². The minimum Gasteiger partial charge on any atom is -0.412 e. The second-order valence-electron chi connectivity index (χ2n) is 1.43. The van der Waals surface area contributed by atoms with E-state index in [0.717, 1.165) is 0 Å². The maximum absolute atomic E-state index is 4.59. The van der Waals surface area contributed by atoms with E-state index < -0.39 is 0 Å². The molecule has 0 aliphatic heterocycles. The second-order valence-corrected chi connectivity index (χ2v) is 3.58. The Bertz CT molecular complexity index is 133. The minimum atomic E-state index is 0. The zero-order chi connectivity index (χ0) is 7.98. The number of hydrogen-bond acceptors (Lipinski definition) is 10. The van der Waals surface area contributed by atoms with Crippen LogP contribution >= 0.6 is 24.4 Å². The molecule has 0 aromatic rings. The average Bonchev–Trinajstić information content (AvgIpc) is 1.79. The molecule has 0 spiro atoms. The van der Waals surface area contributed by atoms with Crippen LogP contribution in [0, 0.1) is 0 Å². The molecule has 0 aliphatic carbocycles. The van der Waals surface area contributed by atoms with Gasteiger partial charge in [0.05, 0.1) is 0 Å². The van der Waals surface area contributed by atoms with E-state index in [1.165, 1.54) is 0 Å². The fraction of sp³-hybridized carbons (Fsp3) is 0.500. The zero-order valence-electron chi connectivity index (χ0n) is 9.59. The molecule has 0 rings (SSSR count). The van der Waals surface area contributed by atoms with Gasteiger partial charge in [-0.2, -0.15) is 0 Å². The van der Waals surface area contributed by atoms with Gasteiger partial charge in [0.2, 0.25) is 0 Å². The van der Waals surface area contributed by atoms with E-state index in [0.29, 0.717) is 21.7 Å². The monoisotopic (exact) mass is 375 g/mol. The largest absolute Gasteiger partial charge is 2.00 e. The number of thiocarbonyl (C=S) groups is 2. The molecule has 13 heteroatoms. The Morgan fingerprint density at radius 2 is 0.882 bits per heavy atom. The van der Waals surface area contributed by atoms with Gasteiger partial charge in [0.1, 0.15) is 0 Å². The van der Waals surface area contributed by atoms with E-state index in [4.69, 9.17) is 0 Å². The first-order valence-electron chi connectivity index (χ1n) is 2.52. The number of hydrogen-bond donors (Lipinski definition) is 8. The summed E-state index contributed by atoms with van der Waals surface area (Å²) in [6.45, 7) is 1.33. The topological polar surface area (TPSA) is 234 Å². The fourth-order valence-corrected chi connectivity index (χ4v) is 0.737. The summed E-state index contributed by atoms with van der Waals surface area (Å²) in [4.78, 5) is 0. The molecule has 17 heavy (non-hydrogen) atoms. The van der Waals surface area contributed by atoms with E-state index in [2.05, 4.69) is 60.3 Å². The zero-order valence-corrected chi connectivity index (χ0v) is 13.8. The van der Waals surface area contributed by atoms with E-state index in [1.54, 1.807) is 0 Å². The maximum atomic E-state index is 4.59. The molecule has 1 radical (unpaired) electrons. The van der Waals surface area contributed by atoms with Gasteiger partial charge in [0.25, 0.3) is 0 Å². The Hall–Kier alpha value is 0.499. The summed E-state index contributed by atoms with van der Waals surface area (Å²) in [6, 6.07) is 0. The molecule has 8 nitrogen and oxygen atoms in total. The van der Waals surface area contributed by atoms with Crippen molar-refractivity contribution in [3.05, 3.63) is 0 Å². The summed E-state index contributed by atoms with van der Waals surface area (Å²) < 4.78 is 0.745. The molecule has 0 saturated heterocycles. The summed E-state index contributed by atoms with van der Waals surface area (Å²) in [5.41, 5.74) is 0. The smallest absolute Gasteiger partial charge is 0.412 e. The summed E-state index contributed by atoms with van der Waals surface area (Å²) in [6.07, 6.45) is 0. The molecule has 0 aromatic carbocycles. The molecular formula is C4H24CuN8S4. The Labute approximate surface area is 135 Å². The van der Waals surface area contributed by atoms with Gasteiger partial charge in [-0.05, 0) is 0 Å². The van der Waals surface area contributed by atoms with Gasteiger partial charge in [-0.25, -0.2) is 0 Å². The van der Waals surface area contributed by atoms with Crippen molar-refractivity contribution in [3.8, 4) is 0 Å². The first-order valence-corrected chi connectivity index (χ1v) is 4.16. The van der Waals surface area contributed by atoms with Crippen LogP contribution in [0.15, 0.2) is 0 Å². The molecule has 0 saturated carbocycles. The molecule has 115 valence electrons. The summed E-state index contributed by atoms with van der Waals surface area (Å²) >= 11 is 18.4. The maximum Gasteiger partial charge on any atom is 2.00 e. The van der Waals surface area contributed by atoms with Gasteiger partial charge in [0.15, 0.2) is 0 Å². The summed E-state index contributed by atoms with van der Waals surface area (Å²) in [5.74, 6) is 0. The minimum absolute atomic E-state index is 0. The second kappa shape index (κ2) is 36.0. The van der Waals surface area contributed by atoms with Crippen molar-refractivity contribution in [2.45, 2.75) is 0 Å². The van der Waals surface area contributed by atoms with E-state index in [-0.39, 0.29) is 54.0 Å². The van der Waals surface area contributed by atoms with Crippen LogP contribution in [0.3, 0.4) is 0 Å². The predicted molar refractivity (Wildman–Crippen MR) is 86.1 cm³/mol. The molecule has 0 aromatic heterocycles. The van der Waals surface area contributed by atoms with Crippen molar-refractivity contribution >= 4 is 58.3 Å². The van der Waals surface area contributed by atoms with Crippen LogP contribution in [0.1, 0.15) is 0 Å². The van der Waals surface area contributed by atoms with Crippen LogP contribution in [0.25, 0.3) is 0 Å². The fourth-order valence-electron chi connectivity index (χ4n) is 0.329. The normalized spacial score (nSPS) is 4.94. The standard InChI is InChI=1S/C4H8N2S4.Cu.6H3N/c7-3(8)5-1-2-6-4(9)10;;;;;;;/h1-2H2,(H2,5,7,8)(H2,6,9,10);;6*1H3/q;+2;;;;;;/p-2. The molecule has 0 unspecified atom stereocenters. The van der Waals surface area contributed by atoms with Crippen molar-refractivity contribution in [3.63, 3.8) is 0 Å². The Morgan fingerprint density at radius 3 is 1.00 bits per heavy atom. The molecular weight excluding hydrogens is 352 g/mol. The van der Waals surface area contributed by atoms with Crippen LogP contribution in [0.5, 0.6) is 0 Å². The third-order valence-corrected chi connectivity index (χ3v) is 1.24. The Balaban J connectivity index is -0.0000000193. The molecule has 0 aliphatic rings. The number of nitrogens with one attached hydrogen (secondary N) is 2. The molecule has 0 fully saturated rings. The average molecular weight is 376 g/mol. The molecule has 0 bridgehead atoms. The summed E-state index contributed by atoms with van der Waals surface area (Å²) in [5, 5.41) is 5.56. The predicted octanol–water partition coefficient (Wildman–Crippen LogP) is 0.799. The van der Waals surface area contributed by atoms with E-state index in [1.807, 2.05) is 0 Å². The quantitative estimate of drug-likeness (QED) is 0.148. The van der Waals surface area contributed by atoms with Crippen LogP contribution in [-0.4, -0.2) is 21.7 Å². The van der Waals surface area contributed by atoms with Crippen molar-refractivity contribution in [2.75, 3.05) is 13.1 Å². The Morgan fingerprint density at radius 1 is 0.706 bits per heavy atom. The van der Waals surface area contributed by atoms with Gasteiger partial charge in [0, 0.05) is 13.1 Å². The van der Waals surface area contributed by atoms with Crippen LogP contribution < -0.4 is 47.5 Å². The molecule has 0 heterocycles. The summed E-state index contributed by atoms with van der Waals surface area (Å²) in [7, 11) is 0. The molecule has 0 amide bonds. The van der Waals surface area contributed by atoms with Gasteiger partial charge in [-0.3, -0.25) is 0 Å². The van der Waals surface area contributed by atoms with Gasteiger partial charge >= 0.3 is 17.1 Å².